The van der Waals surface area contributed by atoms with Crippen molar-refractivity contribution in [2.24, 2.45) is 5.92 Å². The van der Waals surface area contributed by atoms with E-state index in [0.29, 0.717) is 6.04 Å². The molecule has 4 nitrogen and oxygen atoms in total. The number of benzene rings is 1. The van der Waals surface area contributed by atoms with Crippen molar-refractivity contribution < 1.29 is 4.92 Å². The van der Waals surface area contributed by atoms with Crippen LogP contribution in [-0.2, 0) is 6.54 Å². The van der Waals surface area contributed by atoms with Gasteiger partial charge in [0.1, 0.15) is 0 Å². The van der Waals surface area contributed by atoms with Gasteiger partial charge in [-0.1, -0.05) is 19.1 Å². The number of nitrogens with one attached hydrogen (secondary N) is 1. The number of nitro groups is 1. The zero-order chi connectivity index (χ0) is 12.3. The van der Waals surface area contributed by atoms with E-state index in [1.165, 1.54) is 25.3 Å². The zero-order valence-corrected chi connectivity index (χ0v) is 10.1. The first kappa shape index (κ1) is 12.0. The number of rotatable bonds is 4. The molecule has 1 aliphatic rings. The van der Waals surface area contributed by atoms with Gasteiger partial charge in [-0.15, -0.1) is 0 Å². The molecule has 1 aliphatic carbocycles. The van der Waals surface area contributed by atoms with E-state index in [2.05, 4.69) is 12.2 Å². The Labute approximate surface area is 101 Å². The fourth-order valence-corrected chi connectivity index (χ4v) is 2.43. The van der Waals surface area contributed by atoms with Crippen LogP contribution in [0.3, 0.4) is 0 Å². The van der Waals surface area contributed by atoms with Crippen molar-refractivity contribution in [1.82, 2.24) is 5.32 Å². The van der Waals surface area contributed by atoms with E-state index in [1.54, 1.807) is 12.1 Å². The molecule has 1 fully saturated rings. The smallest absolute Gasteiger partial charge is 0.269 e. The average Bonchev–Trinajstić information content (AvgIpc) is 2.73. The normalized spacial score (nSPS) is 23.8. The van der Waals surface area contributed by atoms with Gasteiger partial charge >= 0.3 is 0 Å². The Kier molecular flexibility index (Phi) is 3.74. The topological polar surface area (TPSA) is 55.2 Å². The molecule has 0 spiro atoms. The van der Waals surface area contributed by atoms with Crippen LogP contribution in [0, 0.1) is 16.0 Å². The summed E-state index contributed by atoms with van der Waals surface area (Å²) in [6.45, 7) is 2.99. The molecular formula is C13H18N2O2. The van der Waals surface area contributed by atoms with Crippen LogP contribution in [0.1, 0.15) is 31.7 Å². The Morgan fingerprint density at radius 1 is 1.47 bits per heavy atom. The first-order valence-corrected chi connectivity index (χ1v) is 6.12. The molecule has 0 amide bonds. The molecule has 1 saturated carbocycles. The number of non-ortho nitro benzene ring substituents is 1. The van der Waals surface area contributed by atoms with Crippen molar-refractivity contribution in [3.05, 3.63) is 39.9 Å². The van der Waals surface area contributed by atoms with E-state index < -0.39 is 0 Å². The minimum atomic E-state index is -0.346. The molecule has 0 bridgehead atoms. The maximum atomic E-state index is 10.6. The number of nitrogens with zero attached hydrogens (tertiary/aromatic N) is 1. The first-order valence-electron chi connectivity index (χ1n) is 6.12. The fraction of sp³-hybridized carbons (Fsp3) is 0.538. The van der Waals surface area contributed by atoms with Gasteiger partial charge in [0, 0.05) is 24.7 Å². The molecule has 92 valence electrons. The van der Waals surface area contributed by atoms with Gasteiger partial charge in [0.2, 0.25) is 0 Å². The van der Waals surface area contributed by atoms with Crippen LogP contribution in [-0.4, -0.2) is 11.0 Å². The summed E-state index contributed by atoms with van der Waals surface area (Å²) in [5.41, 5.74) is 1.16. The van der Waals surface area contributed by atoms with Crippen molar-refractivity contribution in [1.29, 1.82) is 0 Å². The molecule has 1 aromatic rings. The Morgan fingerprint density at radius 2 is 2.29 bits per heavy atom. The quantitative estimate of drug-likeness (QED) is 0.643. The van der Waals surface area contributed by atoms with Crippen LogP contribution >= 0.6 is 0 Å². The van der Waals surface area contributed by atoms with Crippen LogP contribution < -0.4 is 5.32 Å². The molecule has 17 heavy (non-hydrogen) atoms. The number of hydrogen-bond donors (Lipinski definition) is 1. The maximum Gasteiger partial charge on any atom is 0.269 e. The van der Waals surface area contributed by atoms with E-state index in [1.807, 2.05) is 6.07 Å². The van der Waals surface area contributed by atoms with E-state index in [4.69, 9.17) is 0 Å². The highest BCUT2D eigenvalue weighted by molar-refractivity contribution is 5.34. The molecule has 0 aliphatic heterocycles. The number of hydrogen-bond acceptors (Lipinski definition) is 3. The summed E-state index contributed by atoms with van der Waals surface area (Å²) in [6.07, 6.45) is 3.72. The number of nitro benzene ring substituents is 1. The second-order valence-electron chi connectivity index (χ2n) is 4.92. The fourth-order valence-electron chi connectivity index (χ4n) is 2.43. The van der Waals surface area contributed by atoms with Gasteiger partial charge < -0.3 is 5.32 Å². The summed E-state index contributed by atoms with van der Waals surface area (Å²) in [5, 5.41) is 14.1. The lowest BCUT2D eigenvalue weighted by Crippen LogP contribution is -2.25. The summed E-state index contributed by atoms with van der Waals surface area (Å²) in [6, 6.07) is 7.42. The molecule has 0 aromatic heterocycles. The molecule has 0 saturated heterocycles. The third-order valence-electron chi connectivity index (χ3n) is 3.41. The van der Waals surface area contributed by atoms with Crippen molar-refractivity contribution in [3.63, 3.8) is 0 Å². The first-order chi connectivity index (χ1) is 8.15. The highest BCUT2D eigenvalue weighted by Gasteiger charge is 2.20. The zero-order valence-electron chi connectivity index (χ0n) is 10.1. The predicted octanol–water partition coefficient (Wildman–Crippen LogP) is 2.87. The molecule has 0 radical (unpaired) electrons. The minimum absolute atomic E-state index is 0.170. The highest BCUT2D eigenvalue weighted by Crippen LogP contribution is 2.25. The van der Waals surface area contributed by atoms with Crippen molar-refractivity contribution >= 4 is 5.69 Å². The van der Waals surface area contributed by atoms with Crippen LogP contribution in [0.25, 0.3) is 0 Å². The maximum absolute atomic E-state index is 10.6. The van der Waals surface area contributed by atoms with Gasteiger partial charge in [-0.05, 0) is 30.7 Å². The Bertz CT molecular complexity index is 406. The Morgan fingerprint density at radius 3 is 2.94 bits per heavy atom. The van der Waals surface area contributed by atoms with Gasteiger partial charge in [-0.3, -0.25) is 10.1 Å². The molecule has 2 atom stereocenters. The van der Waals surface area contributed by atoms with Crippen LogP contribution in [0.4, 0.5) is 5.69 Å². The third kappa shape index (κ3) is 3.27. The molecular weight excluding hydrogens is 216 g/mol. The lowest BCUT2D eigenvalue weighted by Gasteiger charge is -2.12. The molecule has 2 rings (SSSR count). The van der Waals surface area contributed by atoms with Gasteiger partial charge in [-0.2, -0.15) is 0 Å². The van der Waals surface area contributed by atoms with E-state index >= 15 is 0 Å². The van der Waals surface area contributed by atoms with E-state index in [9.17, 15) is 10.1 Å². The average molecular weight is 234 g/mol. The second-order valence-corrected chi connectivity index (χ2v) is 4.92. The predicted molar refractivity (Wildman–Crippen MR) is 66.7 cm³/mol. The summed E-state index contributed by atoms with van der Waals surface area (Å²) in [7, 11) is 0. The van der Waals surface area contributed by atoms with Crippen LogP contribution in [0.5, 0.6) is 0 Å². The third-order valence-corrected chi connectivity index (χ3v) is 3.41. The summed E-state index contributed by atoms with van der Waals surface area (Å²) >= 11 is 0. The monoisotopic (exact) mass is 234 g/mol. The van der Waals surface area contributed by atoms with Crippen molar-refractivity contribution in [2.45, 2.75) is 38.8 Å². The largest absolute Gasteiger partial charge is 0.310 e. The van der Waals surface area contributed by atoms with Gasteiger partial charge in [0.05, 0.1) is 4.92 Å². The summed E-state index contributed by atoms with van der Waals surface area (Å²) in [5.74, 6) is 0.803. The lowest BCUT2D eigenvalue weighted by atomic mass is 10.1. The molecule has 1 aromatic carbocycles. The molecule has 2 unspecified atom stereocenters. The Balaban J connectivity index is 1.90. The molecule has 4 heteroatoms. The standard InChI is InChI=1S/C13H18N2O2/c1-10-5-6-12(7-10)14-9-11-3-2-4-13(8-11)15(16)17/h2-4,8,10,12,14H,5-7,9H2,1H3. The SMILES string of the molecule is CC1CCC(NCc2cccc([N+](=O)[O-])c2)C1. The van der Waals surface area contributed by atoms with Gasteiger partial charge in [0.25, 0.3) is 5.69 Å². The lowest BCUT2D eigenvalue weighted by molar-refractivity contribution is -0.384. The second kappa shape index (κ2) is 5.27. The molecule has 0 heterocycles. The Hall–Kier alpha value is -1.42. The van der Waals surface area contributed by atoms with Gasteiger partial charge in [0.15, 0.2) is 0 Å². The summed E-state index contributed by atoms with van der Waals surface area (Å²) < 4.78 is 0. The van der Waals surface area contributed by atoms with Crippen LogP contribution in [0.2, 0.25) is 0 Å². The van der Waals surface area contributed by atoms with Crippen LogP contribution in [0.15, 0.2) is 24.3 Å². The van der Waals surface area contributed by atoms with Gasteiger partial charge in [-0.25, -0.2) is 0 Å². The van der Waals surface area contributed by atoms with E-state index in [-0.39, 0.29) is 10.6 Å². The minimum Gasteiger partial charge on any atom is -0.310 e. The summed E-state index contributed by atoms with van der Waals surface area (Å²) in [4.78, 5) is 10.3. The highest BCUT2D eigenvalue weighted by atomic mass is 16.6. The van der Waals surface area contributed by atoms with Crippen molar-refractivity contribution in [3.8, 4) is 0 Å². The molecule has 1 N–H and O–H groups in total. The van der Waals surface area contributed by atoms with E-state index in [0.717, 1.165) is 18.0 Å². The van der Waals surface area contributed by atoms with Crippen molar-refractivity contribution in [2.75, 3.05) is 0 Å².